The Morgan fingerprint density at radius 3 is 1.88 bits per heavy atom. The first kappa shape index (κ1) is 14.4. The molecule has 0 bridgehead atoms. The van der Waals surface area contributed by atoms with Gasteiger partial charge in [0.1, 0.15) is 13.2 Å². The largest absolute Gasteiger partial charge is 0.481 e. The molecule has 0 aliphatic carbocycles. The summed E-state index contributed by atoms with van der Waals surface area (Å²) in [6, 6.07) is 0. The average Bonchev–Trinajstić information content (AvgIpc) is 2.17. The molecule has 0 radical (unpaired) electrons. The molecule has 0 saturated carbocycles. The second-order valence-corrected chi connectivity index (χ2v) is 2.81. The van der Waals surface area contributed by atoms with E-state index in [-0.39, 0.29) is 39.1 Å². The minimum atomic E-state index is -1.05. The monoisotopic (exact) mass is 234 g/mol. The predicted molar refractivity (Wildman–Crippen MR) is 50.5 cm³/mol. The van der Waals surface area contributed by atoms with Gasteiger partial charge in [0.05, 0.1) is 25.9 Å². The van der Waals surface area contributed by atoms with E-state index in [4.69, 9.17) is 10.2 Å². The number of carbonyl (C=O) groups is 3. The number of aliphatic hydroxyl groups excluding tert-OH is 1. The highest BCUT2D eigenvalue weighted by Gasteiger charge is 2.07. The second kappa shape index (κ2) is 8.66. The van der Waals surface area contributed by atoms with Crippen LogP contribution in [0.4, 0.5) is 0 Å². The Morgan fingerprint density at radius 1 is 0.875 bits per heavy atom. The van der Waals surface area contributed by atoms with Crippen molar-refractivity contribution in [2.45, 2.75) is 19.3 Å². The Bertz CT molecular complexity index is 248. The van der Waals surface area contributed by atoms with E-state index >= 15 is 0 Å². The van der Waals surface area contributed by atoms with Crippen LogP contribution in [0.5, 0.6) is 0 Å². The molecule has 0 atom stereocenters. The van der Waals surface area contributed by atoms with Crippen LogP contribution in [0.25, 0.3) is 0 Å². The topological polar surface area (TPSA) is 110 Å². The molecule has 7 nitrogen and oxygen atoms in total. The summed E-state index contributed by atoms with van der Waals surface area (Å²) in [5.74, 6) is -2.28. The predicted octanol–water partition coefficient (Wildman–Crippen LogP) is -0.680. The van der Waals surface area contributed by atoms with Crippen molar-refractivity contribution >= 4 is 17.9 Å². The Hall–Kier alpha value is -1.63. The average molecular weight is 234 g/mol. The maximum atomic E-state index is 10.9. The van der Waals surface area contributed by atoms with Gasteiger partial charge in [-0.05, 0) is 0 Å². The Labute approximate surface area is 92.0 Å². The summed E-state index contributed by atoms with van der Waals surface area (Å²) in [5.41, 5.74) is 0. The summed E-state index contributed by atoms with van der Waals surface area (Å²) >= 11 is 0. The van der Waals surface area contributed by atoms with Crippen molar-refractivity contribution in [3.63, 3.8) is 0 Å². The molecular formula is C9H14O7. The van der Waals surface area contributed by atoms with E-state index in [1.807, 2.05) is 0 Å². The van der Waals surface area contributed by atoms with Gasteiger partial charge in [-0.15, -0.1) is 0 Å². The molecule has 0 rings (SSSR count). The summed E-state index contributed by atoms with van der Waals surface area (Å²) in [4.78, 5) is 31.7. The maximum Gasteiger partial charge on any atom is 0.309 e. The summed E-state index contributed by atoms with van der Waals surface area (Å²) in [7, 11) is 0. The fraction of sp³-hybridized carbons (Fsp3) is 0.667. The van der Waals surface area contributed by atoms with E-state index in [1.54, 1.807) is 0 Å². The van der Waals surface area contributed by atoms with Gasteiger partial charge in [0.2, 0.25) is 0 Å². The molecule has 0 aromatic heterocycles. The summed E-state index contributed by atoms with van der Waals surface area (Å²) in [5, 5.41) is 16.6. The normalized spacial score (nSPS) is 9.56. The fourth-order valence-corrected chi connectivity index (χ4v) is 0.736. The van der Waals surface area contributed by atoms with Crippen LogP contribution >= 0.6 is 0 Å². The minimum absolute atomic E-state index is 0.117. The second-order valence-electron chi connectivity index (χ2n) is 2.81. The summed E-state index contributed by atoms with van der Waals surface area (Å²) in [6.07, 6.45) is -0.499. The molecule has 16 heavy (non-hydrogen) atoms. The number of aliphatic hydroxyl groups is 1. The SMILES string of the molecule is O=C(O)CCOC(=O)CCOC(=O)CCO. The zero-order chi connectivity index (χ0) is 12.4. The molecule has 0 heterocycles. The quantitative estimate of drug-likeness (QED) is 0.535. The van der Waals surface area contributed by atoms with E-state index in [0.29, 0.717) is 0 Å². The lowest BCUT2D eigenvalue weighted by Gasteiger charge is -2.04. The number of aliphatic carboxylic acids is 1. The van der Waals surface area contributed by atoms with Gasteiger partial charge in [-0.3, -0.25) is 14.4 Å². The fourth-order valence-electron chi connectivity index (χ4n) is 0.736. The van der Waals surface area contributed by atoms with Gasteiger partial charge < -0.3 is 19.7 Å². The first-order chi connectivity index (χ1) is 7.56. The van der Waals surface area contributed by atoms with E-state index in [9.17, 15) is 14.4 Å². The molecule has 7 heteroatoms. The molecule has 0 spiro atoms. The number of carboxylic acid groups (broad SMARTS) is 1. The summed E-state index contributed by atoms with van der Waals surface area (Å²) < 4.78 is 9.10. The molecule has 0 aromatic carbocycles. The van der Waals surface area contributed by atoms with Crippen LogP contribution in [0.3, 0.4) is 0 Å². The molecule has 0 aliphatic heterocycles. The van der Waals surface area contributed by atoms with Crippen molar-refractivity contribution in [2.75, 3.05) is 19.8 Å². The van der Waals surface area contributed by atoms with E-state index < -0.39 is 17.9 Å². The van der Waals surface area contributed by atoms with E-state index in [0.717, 1.165) is 0 Å². The lowest BCUT2D eigenvalue weighted by molar-refractivity contribution is -0.150. The molecular weight excluding hydrogens is 220 g/mol. The highest BCUT2D eigenvalue weighted by molar-refractivity contribution is 5.72. The first-order valence-corrected chi connectivity index (χ1v) is 4.70. The molecule has 2 N–H and O–H groups in total. The Kier molecular flexibility index (Phi) is 7.78. The van der Waals surface area contributed by atoms with Crippen LogP contribution in [0, 0.1) is 0 Å². The van der Waals surface area contributed by atoms with Gasteiger partial charge in [0, 0.05) is 0 Å². The number of carboxylic acids is 1. The molecule has 0 fully saturated rings. The molecule has 92 valence electrons. The Morgan fingerprint density at radius 2 is 1.38 bits per heavy atom. The van der Waals surface area contributed by atoms with Crippen molar-refractivity contribution in [1.82, 2.24) is 0 Å². The van der Waals surface area contributed by atoms with E-state index in [1.165, 1.54) is 0 Å². The van der Waals surface area contributed by atoms with Gasteiger partial charge in [0.25, 0.3) is 0 Å². The molecule has 0 aliphatic rings. The third kappa shape index (κ3) is 8.95. The number of esters is 2. The van der Waals surface area contributed by atoms with Crippen LogP contribution in [0.15, 0.2) is 0 Å². The number of hydrogen-bond acceptors (Lipinski definition) is 6. The minimum Gasteiger partial charge on any atom is -0.481 e. The molecule has 0 saturated heterocycles. The standard InChI is InChI=1S/C9H14O7/c10-4-1-8(13)16-6-3-9(14)15-5-2-7(11)12/h10H,1-6H2,(H,11,12). The zero-order valence-electron chi connectivity index (χ0n) is 8.68. The zero-order valence-corrected chi connectivity index (χ0v) is 8.68. The highest BCUT2D eigenvalue weighted by atomic mass is 16.5. The third-order valence-electron chi connectivity index (χ3n) is 1.46. The van der Waals surface area contributed by atoms with Crippen LogP contribution in [0.2, 0.25) is 0 Å². The molecule has 0 unspecified atom stereocenters. The van der Waals surface area contributed by atoms with Crippen molar-refractivity contribution in [2.24, 2.45) is 0 Å². The van der Waals surface area contributed by atoms with Gasteiger partial charge in [0.15, 0.2) is 0 Å². The highest BCUT2D eigenvalue weighted by Crippen LogP contribution is 1.92. The molecule has 0 amide bonds. The van der Waals surface area contributed by atoms with Crippen LogP contribution < -0.4 is 0 Å². The van der Waals surface area contributed by atoms with Crippen LogP contribution in [-0.2, 0) is 23.9 Å². The van der Waals surface area contributed by atoms with Gasteiger partial charge in [-0.2, -0.15) is 0 Å². The van der Waals surface area contributed by atoms with Gasteiger partial charge >= 0.3 is 17.9 Å². The lowest BCUT2D eigenvalue weighted by Crippen LogP contribution is -2.14. The van der Waals surface area contributed by atoms with Crippen molar-refractivity contribution in [3.8, 4) is 0 Å². The number of carbonyl (C=O) groups excluding carboxylic acids is 2. The van der Waals surface area contributed by atoms with Crippen molar-refractivity contribution in [3.05, 3.63) is 0 Å². The number of ether oxygens (including phenoxy) is 2. The number of hydrogen-bond donors (Lipinski definition) is 2. The van der Waals surface area contributed by atoms with Crippen LogP contribution in [0.1, 0.15) is 19.3 Å². The number of rotatable bonds is 8. The third-order valence-corrected chi connectivity index (χ3v) is 1.46. The van der Waals surface area contributed by atoms with E-state index in [2.05, 4.69) is 9.47 Å². The van der Waals surface area contributed by atoms with Gasteiger partial charge in [-0.1, -0.05) is 0 Å². The summed E-state index contributed by atoms with van der Waals surface area (Å²) in [6.45, 7) is -0.634. The van der Waals surface area contributed by atoms with Crippen LogP contribution in [-0.4, -0.2) is 47.9 Å². The van der Waals surface area contributed by atoms with Crippen molar-refractivity contribution in [1.29, 1.82) is 0 Å². The Balaban J connectivity index is 3.43. The molecule has 0 aromatic rings. The smallest absolute Gasteiger partial charge is 0.309 e. The van der Waals surface area contributed by atoms with Gasteiger partial charge in [-0.25, -0.2) is 0 Å². The van der Waals surface area contributed by atoms with Crippen molar-refractivity contribution < 1.29 is 34.1 Å². The lowest BCUT2D eigenvalue weighted by atomic mass is 10.4. The first-order valence-electron chi connectivity index (χ1n) is 4.70. The maximum absolute atomic E-state index is 10.9.